The van der Waals surface area contributed by atoms with E-state index in [1.807, 2.05) is 19.9 Å². The van der Waals surface area contributed by atoms with Crippen molar-refractivity contribution in [2.45, 2.75) is 71.8 Å². The maximum absolute atomic E-state index is 12.2. The number of nitrogens with one attached hydrogen (secondary N) is 1. The van der Waals surface area contributed by atoms with Crippen LogP contribution in [0.3, 0.4) is 0 Å². The molecule has 1 heterocycles. The fraction of sp³-hybridized carbons (Fsp3) is 0.667. The highest BCUT2D eigenvalue weighted by Crippen LogP contribution is 2.26. The first-order valence-electron chi connectivity index (χ1n) is 8.39. The van der Waals surface area contributed by atoms with Gasteiger partial charge in [-0.3, -0.25) is 9.59 Å². The number of carbonyl (C=O) groups excluding carboxylic acids is 2. The van der Waals surface area contributed by atoms with Crippen molar-refractivity contribution in [3.05, 3.63) is 21.4 Å². The number of ketones is 1. The van der Waals surface area contributed by atoms with E-state index in [-0.39, 0.29) is 11.7 Å². The maximum Gasteiger partial charge on any atom is 0.220 e. The molecule has 2 rings (SSSR count). The van der Waals surface area contributed by atoms with Crippen LogP contribution in [0.5, 0.6) is 0 Å². The molecule has 1 aromatic rings. The molecule has 1 saturated carbocycles. The lowest BCUT2D eigenvalue weighted by Crippen LogP contribution is -2.37. The van der Waals surface area contributed by atoms with Crippen molar-refractivity contribution in [3.63, 3.8) is 0 Å². The molecule has 1 aromatic heterocycles. The van der Waals surface area contributed by atoms with Crippen molar-refractivity contribution in [3.8, 4) is 0 Å². The Hall–Kier alpha value is -1.16. The predicted octanol–water partition coefficient (Wildman–Crippen LogP) is 4.41. The molecular formula is C18H27NO2S. The van der Waals surface area contributed by atoms with Gasteiger partial charge in [0.15, 0.2) is 5.78 Å². The van der Waals surface area contributed by atoms with Crippen molar-refractivity contribution in [1.82, 2.24) is 5.32 Å². The molecule has 0 bridgehead atoms. The number of amides is 1. The van der Waals surface area contributed by atoms with Crippen molar-refractivity contribution >= 4 is 23.0 Å². The Morgan fingerprint density at radius 1 is 1.18 bits per heavy atom. The average Bonchev–Trinajstić information content (AvgIpc) is 2.84. The Morgan fingerprint density at radius 3 is 2.41 bits per heavy atom. The van der Waals surface area contributed by atoms with Crippen LogP contribution in [0, 0.1) is 19.8 Å². The van der Waals surface area contributed by atoms with Gasteiger partial charge in [0.25, 0.3) is 0 Å². The minimum Gasteiger partial charge on any atom is -0.353 e. The second-order valence-electron chi connectivity index (χ2n) is 6.44. The first kappa shape index (κ1) is 17.2. The summed E-state index contributed by atoms with van der Waals surface area (Å²) in [6.45, 7) is 6.22. The molecular weight excluding hydrogens is 294 g/mol. The van der Waals surface area contributed by atoms with E-state index in [2.05, 4.69) is 12.2 Å². The van der Waals surface area contributed by atoms with Crippen LogP contribution >= 0.6 is 11.3 Å². The molecule has 1 amide bonds. The molecule has 4 heteroatoms. The number of thiophene rings is 1. The van der Waals surface area contributed by atoms with E-state index in [0.717, 1.165) is 34.1 Å². The van der Waals surface area contributed by atoms with Crippen LogP contribution in [0.15, 0.2) is 6.07 Å². The number of carbonyl (C=O) groups is 2. The zero-order valence-corrected chi connectivity index (χ0v) is 14.7. The SMILES string of the molecule is CCC1CCC(NC(=O)CCC(=O)c2cc(C)sc2C)CC1. The summed E-state index contributed by atoms with van der Waals surface area (Å²) in [4.78, 5) is 26.4. The van der Waals surface area contributed by atoms with Gasteiger partial charge in [0, 0.05) is 34.2 Å². The number of rotatable bonds is 6. The van der Waals surface area contributed by atoms with Gasteiger partial charge in [0.2, 0.25) is 5.91 Å². The first-order chi connectivity index (χ1) is 10.5. The molecule has 1 fully saturated rings. The lowest BCUT2D eigenvalue weighted by atomic mass is 9.84. The first-order valence-corrected chi connectivity index (χ1v) is 9.20. The number of hydrogen-bond donors (Lipinski definition) is 1. The standard InChI is InChI=1S/C18H27NO2S/c1-4-14-5-7-15(8-6-14)19-18(21)10-9-17(20)16-11-12(2)22-13(16)3/h11,14-15H,4-10H2,1-3H3,(H,19,21). The van der Waals surface area contributed by atoms with Gasteiger partial charge in [-0.15, -0.1) is 11.3 Å². The van der Waals surface area contributed by atoms with Gasteiger partial charge in [-0.1, -0.05) is 13.3 Å². The van der Waals surface area contributed by atoms with Crippen LogP contribution in [0.2, 0.25) is 0 Å². The van der Waals surface area contributed by atoms with Crippen LogP contribution in [0.25, 0.3) is 0 Å². The van der Waals surface area contributed by atoms with Crippen molar-refractivity contribution in [1.29, 1.82) is 0 Å². The zero-order chi connectivity index (χ0) is 16.1. The van der Waals surface area contributed by atoms with Gasteiger partial charge in [0.05, 0.1) is 0 Å². The minimum absolute atomic E-state index is 0.0258. The normalized spacial score (nSPS) is 21.6. The van der Waals surface area contributed by atoms with E-state index in [9.17, 15) is 9.59 Å². The molecule has 0 atom stereocenters. The van der Waals surface area contributed by atoms with Gasteiger partial charge in [-0.2, -0.15) is 0 Å². The molecule has 0 unspecified atom stereocenters. The molecule has 1 aliphatic rings. The smallest absolute Gasteiger partial charge is 0.220 e. The van der Waals surface area contributed by atoms with Gasteiger partial charge in [0.1, 0.15) is 0 Å². The Bertz CT molecular complexity index is 527. The summed E-state index contributed by atoms with van der Waals surface area (Å²) in [5, 5.41) is 3.10. The molecule has 22 heavy (non-hydrogen) atoms. The molecule has 122 valence electrons. The van der Waals surface area contributed by atoms with Crippen LogP contribution in [-0.2, 0) is 4.79 Å². The quantitative estimate of drug-likeness (QED) is 0.789. The van der Waals surface area contributed by atoms with Gasteiger partial charge >= 0.3 is 0 Å². The summed E-state index contributed by atoms with van der Waals surface area (Å²) in [6, 6.07) is 2.25. The third kappa shape index (κ3) is 4.67. The van der Waals surface area contributed by atoms with E-state index in [4.69, 9.17) is 0 Å². The van der Waals surface area contributed by atoms with E-state index in [1.54, 1.807) is 11.3 Å². The van der Waals surface area contributed by atoms with Crippen molar-refractivity contribution in [2.75, 3.05) is 0 Å². The van der Waals surface area contributed by atoms with E-state index in [1.165, 1.54) is 19.3 Å². The summed E-state index contributed by atoms with van der Waals surface area (Å²) in [6.07, 6.45) is 6.46. The molecule has 0 aliphatic heterocycles. The van der Waals surface area contributed by atoms with E-state index >= 15 is 0 Å². The lowest BCUT2D eigenvalue weighted by molar-refractivity contribution is -0.122. The summed E-state index contributed by atoms with van der Waals surface area (Å²) >= 11 is 1.64. The maximum atomic E-state index is 12.2. The topological polar surface area (TPSA) is 46.2 Å². The Morgan fingerprint density at radius 2 is 1.86 bits per heavy atom. The molecule has 1 N–H and O–H groups in total. The lowest BCUT2D eigenvalue weighted by Gasteiger charge is -2.28. The number of Topliss-reactive ketones (excluding diaryl/α,β-unsaturated/α-hetero) is 1. The summed E-state index contributed by atoms with van der Waals surface area (Å²) in [5.41, 5.74) is 0.791. The van der Waals surface area contributed by atoms with Gasteiger partial charge < -0.3 is 5.32 Å². The van der Waals surface area contributed by atoms with Crippen LogP contribution in [0.1, 0.15) is 72.0 Å². The summed E-state index contributed by atoms with van der Waals surface area (Å²) in [7, 11) is 0. The second-order valence-corrected chi connectivity index (χ2v) is 7.90. The summed E-state index contributed by atoms with van der Waals surface area (Å²) < 4.78 is 0. The fourth-order valence-corrected chi connectivity index (χ4v) is 4.23. The highest BCUT2D eigenvalue weighted by molar-refractivity contribution is 7.12. The molecule has 3 nitrogen and oxygen atoms in total. The van der Waals surface area contributed by atoms with Gasteiger partial charge in [-0.05, 0) is 51.5 Å². The number of hydrogen-bond acceptors (Lipinski definition) is 3. The highest BCUT2D eigenvalue weighted by atomic mass is 32.1. The zero-order valence-electron chi connectivity index (χ0n) is 13.9. The van der Waals surface area contributed by atoms with Gasteiger partial charge in [-0.25, -0.2) is 0 Å². The number of aryl methyl sites for hydroxylation is 2. The molecule has 0 aromatic carbocycles. The molecule has 1 aliphatic carbocycles. The van der Waals surface area contributed by atoms with Crippen LogP contribution in [-0.4, -0.2) is 17.7 Å². The largest absolute Gasteiger partial charge is 0.353 e. The highest BCUT2D eigenvalue weighted by Gasteiger charge is 2.21. The average molecular weight is 321 g/mol. The molecule has 0 radical (unpaired) electrons. The fourth-order valence-electron chi connectivity index (χ4n) is 3.28. The minimum atomic E-state index is 0.0258. The third-order valence-electron chi connectivity index (χ3n) is 4.71. The Balaban J connectivity index is 1.74. The predicted molar refractivity (Wildman–Crippen MR) is 91.5 cm³/mol. The van der Waals surface area contributed by atoms with Crippen LogP contribution in [0.4, 0.5) is 0 Å². The third-order valence-corrected chi connectivity index (χ3v) is 5.68. The molecule has 0 saturated heterocycles. The van der Waals surface area contributed by atoms with Crippen molar-refractivity contribution in [2.24, 2.45) is 5.92 Å². The Labute approximate surface area is 137 Å². The van der Waals surface area contributed by atoms with Crippen molar-refractivity contribution < 1.29 is 9.59 Å². The monoisotopic (exact) mass is 321 g/mol. The van der Waals surface area contributed by atoms with E-state index < -0.39 is 0 Å². The Kier molecular flexibility index (Phi) is 6.18. The van der Waals surface area contributed by atoms with Crippen LogP contribution < -0.4 is 5.32 Å². The molecule has 0 spiro atoms. The summed E-state index contributed by atoms with van der Waals surface area (Å²) in [5.74, 6) is 0.948. The second kappa shape index (κ2) is 7.91. The van der Waals surface area contributed by atoms with E-state index in [0.29, 0.717) is 18.9 Å².